The zero-order valence-electron chi connectivity index (χ0n) is 10.6. The van der Waals surface area contributed by atoms with Crippen molar-refractivity contribution in [1.82, 2.24) is 14.3 Å². The van der Waals surface area contributed by atoms with E-state index in [0.717, 1.165) is 9.25 Å². The van der Waals surface area contributed by atoms with Crippen molar-refractivity contribution in [3.63, 3.8) is 0 Å². The maximum absolute atomic E-state index is 11.8. The number of nitrogens with zero attached hydrogens (tertiary/aromatic N) is 3. The Morgan fingerprint density at radius 2 is 1.94 bits per heavy atom. The van der Waals surface area contributed by atoms with Gasteiger partial charge >= 0.3 is 5.69 Å². The molecule has 1 aromatic rings. The fraction of sp³-hybridized carbons (Fsp3) is 0.700. The molecular weight excluding hydrogens is 222 g/mol. The summed E-state index contributed by atoms with van der Waals surface area (Å²) in [4.78, 5) is 23.3. The summed E-state index contributed by atoms with van der Waals surface area (Å²) in [6.07, 6.45) is 0.695. The molecule has 0 saturated carbocycles. The van der Waals surface area contributed by atoms with Crippen molar-refractivity contribution in [2.45, 2.75) is 25.8 Å². The Labute approximate surface area is 99.2 Å². The fourth-order valence-corrected chi connectivity index (χ4v) is 1.52. The van der Waals surface area contributed by atoms with Gasteiger partial charge in [-0.15, -0.1) is 5.10 Å². The molecule has 0 amide bonds. The molecular formula is C10H19N5O2. The number of hydrogen-bond donors (Lipinski definition) is 2. The number of anilines is 1. The lowest BCUT2D eigenvalue weighted by Crippen LogP contribution is -2.43. The maximum Gasteiger partial charge on any atom is 0.346 e. The van der Waals surface area contributed by atoms with Crippen molar-refractivity contribution in [3.8, 4) is 0 Å². The summed E-state index contributed by atoms with van der Waals surface area (Å²) in [5.41, 5.74) is 4.27. The van der Waals surface area contributed by atoms with E-state index in [0.29, 0.717) is 13.0 Å². The summed E-state index contributed by atoms with van der Waals surface area (Å²) in [6.45, 7) is 4.35. The highest BCUT2D eigenvalue weighted by Crippen LogP contribution is 2.11. The van der Waals surface area contributed by atoms with Gasteiger partial charge in [0.15, 0.2) is 0 Å². The van der Waals surface area contributed by atoms with Gasteiger partial charge in [0.1, 0.15) is 0 Å². The van der Waals surface area contributed by atoms with Crippen LogP contribution in [0.5, 0.6) is 0 Å². The van der Waals surface area contributed by atoms with Crippen LogP contribution in [0.3, 0.4) is 0 Å². The largest absolute Gasteiger partial charge is 0.359 e. The normalized spacial score (nSPS) is 11.6. The first-order chi connectivity index (χ1) is 7.78. The molecule has 0 saturated heterocycles. The number of rotatable bonds is 4. The van der Waals surface area contributed by atoms with Crippen LogP contribution in [-0.2, 0) is 14.1 Å². The van der Waals surface area contributed by atoms with Crippen LogP contribution >= 0.6 is 0 Å². The van der Waals surface area contributed by atoms with Gasteiger partial charge in [0, 0.05) is 19.6 Å². The summed E-state index contributed by atoms with van der Waals surface area (Å²) >= 11 is 0. The minimum Gasteiger partial charge on any atom is -0.359 e. The fourth-order valence-electron chi connectivity index (χ4n) is 1.52. The first kappa shape index (κ1) is 13.4. The van der Waals surface area contributed by atoms with Gasteiger partial charge < -0.3 is 11.1 Å². The molecule has 1 heterocycles. The molecule has 7 nitrogen and oxygen atoms in total. The molecule has 0 atom stereocenters. The molecule has 0 unspecified atom stereocenters. The molecule has 0 spiro atoms. The monoisotopic (exact) mass is 241 g/mol. The van der Waals surface area contributed by atoms with Crippen LogP contribution in [0, 0.1) is 0 Å². The Kier molecular flexibility index (Phi) is 3.72. The average Bonchev–Trinajstić information content (AvgIpc) is 2.22. The van der Waals surface area contributed by atoms with Crippen LogP contribution in [0.4, 0.5) is 5.82 Å². The van der Waals surface area contributed by atoms with Crippen molar-refractivity contribution >= 4 is 5.82 Å². The van der Waals surface area contributed by atoms with Crippen LogP contribution in [0.25, 0.3) is 0 Å². The minimum atomic E-state index is -0.447. The van der Waals surface area contributed by atoms with E-state index in [1.807, 2.05) is 13.8 Å². The third kappa shape index (κ3) is 2.94. The van der Waals surface area contributed by atoms with Crippen LogP contribution in [0.1, 0.15) is 20.3 Å². The second kappa shape index (κ2) is 4.70. The number of nitrogens with two attached hydrogens (primary N) is 1. The Morgan fingerprint density at radius 3 is 2.47 bits per heavy atom. The van der Waals surface area contributed by atoms with Crippen LogP contribution in [0.2, 0.25) is 0 Å². The third-order valence-corrected chi connectivity index (χ3v) is 2.55. The van der Waals surface area contributed by atoms with Gasteiger partial charge in [0.25, 0.3) is 5.56 Å². The Bertz CT molecular complexity index is 514. The first-order valence-electron chi connectivity index (χ1n) is 5.41. The smallest absolute Gasteiger partial charge is 0.346 e. The highest BCUT2D eigenvalue weighted by Gasteiger charge is 2.20. The standard InChI is InChI=1S/C10H19N5O2/c1-10(2,5-6-11)12-7-8(16)14(3)9(17)15(4)13-7/h5-6,11H2,1-4H3,(H,12,13). The third-order valence-electron chi connectivity index (χ3n) is 2.55. The lowest BCUT2D eigenvalue weighted by molar-refractivity contribution is 0.512. The van der Waals surface area contributed by atoms with Gasteiger partial charge in [0.05, 0.1) is 0 Å². The topological polar surface area (TPSA) is 94.9 Å². The van der Waals surface area contributed by atoms with Gasteiger partial charge in [-0.3, -0.25) is 9.36 Å². The summed E-state index contributed by atoms with van der Waals surface area (Å²) < 4.78 is 2.15. The Morgan fingerprint density at radius 1 is 1.35 bits per heavy atom. The van der Waals surface area contributed by atoms with Gasteiger partial charge in [-0.1, -0.05) is 0 Å². The highest BCUT2D eigenvalue weighted by atomic mass is 16.2. The molecule has 0 fully saturated rings. The minimum absolute atomic E-state index is 0.160. The van der Waals surface area contributed by atoms with Crippen molar-refractivity contribution in [3.05, 3.63) is 20.8 Å². The number of aryl methyl sites for hydroxylation is 1. The number of aromatic nitrogens is 3. The Hall–Kier alpha value is -1.63. The van der Waals surface area contributed by atoms with Gasteiger partial charge in [-0.25, -0.2) is 9.48 Å². The summed E-state index contributed by atoms with van der Waals surface area (Å²) in [5, 5.41) is 6.93. The van der Waals surface area contributed by atoms with E-state index >= 15 is 0 Å². The van der Waals surface area contributed by atoms with Gasteiger partial charge in [-0.2, -0.15) is 0 Å². The van der Waals surface area contributed by atoms with E-state index in [4.69, 9.17) is 5.73 Å². The van der Waals surface area contributed by atoms with E-state index in [-0.39, 0.29) is 11.4 Å². The number of hydrogen-bond acceptors (Lipinski definition) is 5. The van der Waals surface area contributed by atoms with Crippen molar-refractivity contribution in [2.75, 3.05) is 11.9 Å². The van der Waals surface area contributed by atoms with E-state index < -0.39 is 11.2 Å². The lowest BCUT2D eigenvalue weighted by Gasteiger charge is -2.25. The van der Waals surface area contributed by atoms with Crippen LogP contribution in [-0.4, -0.2) is 26.4 Å². The Balaban J connectivity index is 3.17. The van der Waals surface area contributed by atoms with Crippen molar-refractivity contribution < 1.29 is 0 Å². The molecule has 0 aliphatic rings. The first-order valence-corrected chi connectivity index (χ1v) is 5.41. The van der Waals surface area contributed by atoms with E-state index in [9.17, 15) is 9.59 Å². The predicted octanol–water partition coefficient (Wildman–Crippen LogP) is -0.982. The number of nitrogens with one attached hydrogen (secondary N) is 1. The van der Waals surface area contributed by atoms with Gasteiger partial charge in [-0.05, 0) is 26.8 Å². The van der Waals surface area contributed by atoms with Crippen molar-refractivity contribution in [1.29, 1.82) is 0 Å². The van der Waals surface area contributed by atoms with E-state index in [1.165, 1.54) is 14.1 Å². The lowest BCUT2D eigenvalue weighted by atomic mass is 10.0. The molecule has 7 heteroatoms. The molecule has 0 radical (unpaired) electrons. The zero-order chi connectivity index (χ0) is 13.2. The summed E-state index contributed by atoms with van der Waals surface area (Å²) in [7, 11) is 2.93. The molecule has 3 N–H and O–H groups in total. The van der Waals surface area contributed by atoms with E-state index in [2.05, 4.69) is 10.4 Å². The molecule has 1 aromatic heterocycles. The molecule has 0 aliphatic heterocycles. The van der Waals surface area contributed by atoms with Crippen molar-refractivity contribution in [2.24, 2.45) is 19.8 Å². The molecule has 17 heavy (non-hydrogen) atoms. The highest BCUT2D eigenvalue weighted by molar-refractivity contribution is 5.33. The van der Waals surface area contributed by atoms with E-state index in [1.54, 1.807) is 0 Å². The maximum atomic E-state index is 11.8. The average molecular weight is 241 g/mol. The quantitative estimate of drug-likeness (QED) is 0.706. The predicted molar refractivity (Wildman–Crippen MR) is 66.1 cm³/mol. The molecule has 0 aliphatic carbocycles. The second-order valence-electron chi connectivity index (χ2n) is 4.67. The SMILES string of the molecule is Cn1nc(NC(C)(C)CCN)c(=O)n(C)c1=O. The van der Waals surface area contributed by atoms with Crippen LogP contribution in [0.15, 0.2) is 9.59 Å². The van der Waals surface area contributed by atoms with Crippen LogP contribution < -0.4 is 22.3 Å². The second-order valence-corrected chi connectivity index (χ2v) is 4.67. The molecule has 1 rings (SSSR count). The molecule has 0 bridgehead atoms. The van der Waals surface area contributed by atoms with Gasteiger partial charge in [0.2, 0.25) is 5.82 Å². The summed E-state index contributed by atoms with van der Waals surface area (Å²) in [6, 6.07) is 0. The zero-order valence-corrected chi connectivity index (χ0v) is 10.6. The molecule has 96 valence electrons. The molecule has 0 aromatic carbocycles. The summed E-state index contributed by atoms with van der Waals surface area (Å²) in [5.74, 6) is 0.160.